The molecule has 1 amide bonds. The Bertz CT molecular complexity index is 403. The molecular formula is C13H20N2O2. The van der Waals surface area contributed by atoms with E-state index in [9.17, 15) is 9.90 Å². The fourth-order valence-electron chi connectivity index (χ4n) is 1.84. The molecule has 17 heavy (non-hydrogen) atoms. The lowest BCUT2D eigenvalue weighted by atomic mass is 10.00. The third-order valence-corrected chi connectivity index (χ3v) is 3.50. The van der Waals surface area contributed by atoms with Crippen molar-refractivity contribution < 1.29 is 9.90 Å². The number of nitrogens with one attached hydrogen (secondary N) is 1. The van der Waals surface area contributed by atoms with Crippen LogP contribution in [0.2, 0.25) is 0 Å². The first kappa shape index (κ1) is 12.2. The number of hydrogen-bond donors (Lipinski definition) is 2. The van der Waals surface area contributed by atoms with E-state index in [-0.39, 0.29) is 12.5 Å². The summed E-state index contributed by atoms with van der Waals surface area (Å²) in [6.45, 7) is 3.77. The van der Waals surface area contributed by atoms with Gasteiger partial charge in [0, 0.05) is 12.2 Å². The number of nitrogens with zero attached hydrogens (tertiary/aromatic N) is 1. The van der Waals surface area contributed by atoms with E-state index in [1.807, 2.05) is 36.7 Å². The second kappa shape index (κ2) is 4.53. The van der Waals surface area contributed by atoms with Gasteiger partial charge in [-0.2, -0.15) is 0 Å². The number of aliphatic hydroxyl groups excluding tert-OH is 1. The molecule has 1 atom stereocenters. The zero-order valence-corrected chi connectivity index (χ0v) is 10.4. The van der Waals surface area contributed by atoms with Crippen LogP contribution in [-0.2, 0) is 0 Å². The molecule has 0 saturated heterocycles. The third kappa shape index (κ3) is 2.52. The Hall–Kier alpha value is -1.29. The fraction of sp³-hybridized carbons (Fsp3) is 0.615. The summed E-state index contributed by atoms with van der Waals surface area (Å²) < 4.78 is 2.03. The van der Waals surface area contributed by atoms with Crippen LogP contribution in [0.15, 0.2) is 18.3 Å². The average molecular weight is 236 g/mol. The van der Waals surface area contributed by atoms with Gasteiger partial charge in [0.25, 0.3) is 5.91 Å². The third-order valence-electron chi connectivity index (χ3n) is 3.50. The van der Waals surface area contributed by atoms with E-state index >= 15 is 0 Å². The van der Waals surface area contributed by atoms with E-state index in [0.29, 0.717) is 18.2 Å². The maximum absolute atomic E-state index is 12.1. The molecular weight excluding hydrogens is 216 g/mol. The second-order valence-electron chi connectivity index (χ2n) is 5.06. The molecule has 94 valence electrons. The highest BCUT2D eigenvalue weighted by Gasteiger charge is 2.29. The molecule has 4 nitrogen and oxygen atoms in total. The molecule has 1 aliphatic rings. The van der Waals surface area contributed by atoms with Crippen molar-refractivity contribution in [1.29, 1.82) is 0 Å². The zero-order valence-electron chi connectivity index (χ0n) is 10.4. The first-order valence-corrected chi connectivity index (χ1v) is 6.20. The molecule has 1 unspecified atom stereocenters. The van der Waals surface area contributed by atoms with Crippen LogP contribution in [0.3, 0.4) is 0 Å². The Kier molecular flexibility index (Phi) is 3.24. The normalized spacial score (nSPS) is 18.8. The molecule has 1 aromatic rings. The maximum Gasteiger partial charge on any atom is 0.268 e. The number of carbonyl (C=O) groups is 1. The van der Waals surface area contributed by atoms with E-state index in [1.165, 1.54) is 0 Å². The summed E-state index contributed by atoms with van der Waals surface area (Å²) in [6, 6.07) is 4.23. The summed E-state index contributed by atoms with van der Waals surface area (Å²) in [6.07, 6.45) is 4.97. The highest BCUT2D eigenvalue weighted by molar-refractivity contribution is 5.93. The van der Waals surface area contributed by atoms with Gasteiger partial charge < -0.3 is 15.0 Å². The van der Waals surface area contributed by atoms with Gasteiger partial charge in [0.05, 0.1) is 12.1 Å². The lowest BCUT2D eigenvalue weighted by Gasteiger charge is -2.27. The van der Waals surface area contributed by atoms with E-state index in [4.69, 9.17) is 0 Å². The molecule has 0 aliphatic heterocycles. The first-order valence-electron chi connectivity index (χ1n) is 6.20. The molecule has 1 saturated carbocycles. The Balaban J connectivity index is 2.11. The summed E-state index contributed by atoms with van der Waals surface area (Å²) >= 11 is 0. The average Bonchev–Trinajstić information content (AvgIpc) is 3.06. The van der Waals surface area contributed by atoms with Crippen molar-refractivity contribution in [2.75, 3.05) is 6.61 Å². The molecule has 1 aliphatic carbocycles. The lowest BCUT2D eigenvalue weighted by molar-refractivity contribution is 0.0838. The number of carbonyl (C=O) groups excluding carboxylic acids is 1. The number of hydrogen-bond acceptors (Lipinski definition) is 2. The van der Waals surface area contributed by atoms with Gasteiger partial charge in [-0.3, -0.25) is 4.79 Å². The number of aliphatic hydroxyl groups is 1. The van der Waals surface area contributed by atoms with Gasteiger partial charge in [-0.05, 0) is 38.3 Å². The monoisotopic (exact) mass is 236 g/mol. The van der Waals surface area contributed by atoms with Gasteiger partial charge in [-0.15, -0.1) is 0 Å². The van der Waals surface area contributed by atoms with Gasteiger partial charge in [0.1, 0.15) is 5.69 Å². The van der Waals surface area contributed by atoms with Crippen molar-refractivity contribution in [1.82, 2.24) is 9.88 Å². The number of amides is 1. The van der Waals surface area contributed by atoms with Crippen molar-refractivity contribution in [3.63, 3.8) is 0 Å². The molecule has 0 spiro atoms. The number of aromatic nitrogens is 1. The molecule has 2 N–H and O–H groups in total. The van der Waals surface area contributed by atoms with Gasteiger partial charge in [0.15, 0.2) is 0 Å². The van der Waals surface area contributed by atoms with Crippen molar-refractivity contribution in [3.05, 3.63) is 24.0 Å². The molecule has 0 aromatic carbocycles. The van der Waals surface area contributed by atoms with E-state index in [2.05, 4.69) is 5.32 Å². The van der Waals surface area contributed by atoms with Crippen molar-refractivity contribution in [2.24, 2.45) is 0 Å². The summed E-state index contributed by atoms with van der Waals surface area (Å²) in [5.74, 6) is -0.0969. The highest BCUT2D eigenvalue weighted by Crippen LogP contribution is 2.36. The zero-order chi connectivity index (χ0) is 12.5. The number of rotatable bonds is 5. The standard InChI is InChI=1S/C13H20N2O2/c1-3-13(2,9-16)14-12(17)11-5-4-8-15(11)10-6-7-10/h4-5,8,10,16H,3,6-7,9H2,1-2H3,(H,14,17). The Labute approximate surface area is 102 Å². The minimum Gasteiger partial charge on any atom is -0.394 e. The van der Waals surface area contributed by atoms with Crippen LogP contribution in [-0.4, -0.2) is 27.7 Å². The topological polar surface area (TPSA) is 54.3 Å². The molecule has 1 fully saturated rings. The van der Waals surface area contributed by atoms with Crippen LogP contribution in [0, 0.1) is 0 Å². The van der Waals surface area contributed by atoms with Gasteiger partial charge >= 0.3 is 0 Å². The molecule has 0 bridgehead atoms. The quantitative estimate of drug-likeness (QED) is 0.817. The Morgan fingerprint density at radius 3 is 2.88 bits per heavy atom. The van der Waals surface area contributed by atoms with E-state index in [1.54, 1.807) is 0 Å². The van der Waals surface area contributed by atoms with Crippen LogP contribution >= 0.6 is 0 Å². The minimum atomic E-state index is -0.532. The second-order valence-corrected chi connectivity index (χ2v) is 5.06. The summed E-state index contributed by atoms with van der Waals surface area (Å²) in [5.41, 5.74) is 0.163. The fourth-order valence-corrected chi connectivity index (χ4v) is 1.84. The Morgan fingerprint density at radius 2 is 2.35 bits per heavy atom. The molecule has 2 rings (SSSR count). The van der Waals surface area contributed by atoms with E-state index < -0.39 is 5.54 Å². The van der Waals surface area contributed by atoms with Crippen LogP contribution in [0.5, 0.6) is 0 Å². The SMILES string of the molecule is CCC(C)(CO)NC(=O)c1cccn1C1CC1. The van der Waals surface area contributed by atoms with E-state index in [0.717, 1.165) is 12.8 Å². The summed E-state index contributed by atoms with van der Waals surface area (Å²) in [4.78, 5) is 12.1. The van der Waals surface area contributed by atoms with Gasteiger partial charge in [-0.25, -0.2) is 0 Å². The largest absolute Gasteiger partial charge is 0.394 e. The summed E-state index contributed by atoms with van der Waals surface area (Å²) in [7, 11) is 0. The van der Waals surface area contributed by atoms with Crippen molar-refractivity contribution in [3.8, 4) is 0 Å². The molecule has 0 radical (unpaired) electrons. The van der Waals surface area contributed by atoms with Gasteiger partial charge in [-0.1, -0.05) is 6.92 Å². The van der Waals surface area contributed by atoms with Crippen molar-refractivity contribution >= 4 is 5.91 Å². The minimum absolute atomic E-state index is 0.0423. The lowest BCUT2D eigenvalue weighted by Crippen LogP contribution is -2.48. The maximum atomic E-state index is 12.1. The predicted molar refractivity (Wildman–Crippen MR) is 66.0 cm³/mol. The molecule has 4 heteroatoms. The van der Waals surface area contributed by atoms with Gasteiger partial charge in [0.2, 0.25) is 0 Å². The van der Waals surface area contributed by atoms with Crippen LogP contribution in [0.25, 0.3) is 0 Å². The predicted octanol–water partition coefficient (Wildman–Crippen LogP) is 1.71. The van der Waals surface area contributed by atoms with Crippen LogP contribution < -0.4 is 5.32 Å². The smallest absolute Gasteiger partial charge is 0.268 e. The van der Waals surface area contributed by atoms with Crippen LogP contribution in [0.4, 0.5) is 0 Å². The molecule has 1 heterocycles. The summed E-state index contributed by atoms with van der Waals surface area (Å²) in [5, 5.41) is 12.2. The highest BCUT2D eigenvalue weighted by atomic mass is 16.3. The first-order chi connectivity index (χ1) is 8.09. The Morgan fingerprint density at radius 1 is 1.65 bits per heavy atom. The van der Waals surface area contributed by atoms with Crippen molar-refractivity contribution in [2.45, 2.75) is 44.7 Å². The molecule has 1 aromatic heterocycles. The van der Waals surface area contributed by atoms with Crippen LogP contribution in [0.1, 0.15) is 49.6 Å².